The Balaban J connectivity index is 1.64. The smallest absolute Gasteiger partial charge is 0.409 e. The number of amides is 2. The van der Waals surface area contributed by atoms with Crippen LogP contribution in [-0.2, 0) is 14.8 Å². The molecule has 166 valence electrons. The van der Waals surface area contributed by atoms with Crippen molar-refractivity contribution in [2.24, 2.45) is 0 Å². The Bertz CT molecular complexity index is 1060. The predicted octanol–water partition coefficient (Wildman–Crippen LogP) is 3.02. The summed E-state index contributed by atoms with van der Waals surface area (Å²) >= 11 is 0. The zero-order valence-corrected chi connectivity index (χ0v) is 18.7. The van der Waals surface area contributed by atoms with Crippen LogP contribution >= 0.6 is 0 Å². The molecular weight excluding hydrogens is 418 g/mol. The van der Waals surface area contributed by atoms with Gasteiger partial charge in [-0.25, -0.2) is 13.2 Å². The molecule has 1 fully saturated rings. The summed E-state index contributed by atoms with van der Waals surface area (Å²) < 4.78 is 33.0. The number of aryl methyl sites for hydroxylation is 2. The summed E-state index contributed by atoms with van der Waals surface area (Å²) in [6, 6.07) is 11.6. The number of ether oxygens (including phenoxy) is 1. The molecule has 1 heterocycles. The van der Waals surface area contributed by atoms with Crippen molar-refractivity contribution in [3.63, 3.8) is 0 Å². The van der Waals surface area contributed by atoms with Gasteiger partial charge in [-0.1, -0.05) is 12.1 Å². The Hall–Kier alpha value is -3.07. The number of anilines is 1. The van der Waals surface area contributed by atoms with Gasteiger partial charge < -0.3 is 14.5 Å². The molecule has 0 radical (unpaired) electrons. The minimum absolute atomic E-state index is 0.160. The number of nitrogens with one attached hydrogen (secondary N) is 1. The Labute approximate surface area is 182 Å². The van der Waals surface area contributed by atoms with Crippen LogP contribution in [0, 0.1) is 13.8 Å². The number of carbonyl (C=O) groups is 2. The molecule has 1 aliphatic rings. The van der Waals surface area contributed by atoms with Crippen LogP contribution in [0.25, 0.3) is 0 Å². The van der Waals surface area contributed by atoms with E-state index in [0.29, 0.717) is 49.6 Å². The van der Waals surface area contributed by atoms with E-state index in [2.05, 4.69) is 4.72 Å². The van der Waals surface area contributed by atoms with Crippen molar-refractivity contribution in [2.45, 2.75) is 25.7 Å². The van der Waals surface area contributed by atoms with E-state index in [-0.39, 0.29) is 16.9 Å². The summed E-state index contributed by atoms with van der Waals surface area (Å²) in [6.07, 6.45) is -0.366. The van der Waals surface area contributed by atoms with E-state index in [1.807, 2.05) is 13.0 Å². The lowest BCUT2D eigenvalue weighted by Gasteiger charge is -2.34. The van der Waals surface area contributed by atoms with Crippen molar-refractivity contribution in [3.8, 4) is 0 Å². The van der Waals surface area contributed by atoms with Crippen molar-refractivity contribution < 1.29 is 22.7 Å². The SMILES string of the molecule is CCOC(=O)N1CCN(C(=O)c2ccc(NS(=O)(=O)c3cc(C)ccc3C)cc2)CC1. The fourth-order valence-corrected chi connectivity index (χ4v) is 4.77. The molecule has 0 unspecified atom stereocenters. The topological polar surface area (TPSA) is 96.0 Å². The minimum Gasteiger partial charge on any atom is -0.450 e. The third-order valence-electron chi connectivity index (χ3n) is 5.11. The van der Waals surface area contributed by atoms with Gasteiger partial charge in [0.2, 0.25) is 0 Å². The molecule has 0 aromatic heterocycles. The van der Waals surface area contributed by atoms with Crippen LogP contribution < -0.4 is 4.72 Å². The highest BCUT2D eigenvalue weighted by atomic mass is 32.2. The molecule has 0 saturated carbocycles. The van der Waals surface area contributed by atoms with E-state index >= 15 is 0 Å². The van der Waals surface area contributed by atoms with E-state index in [1.54, 1.807) is 60.0 Å². The van der Waals surface area contributed by atoms with E-state index in [9.17, 15) is 18.0 Å². The lowest BCUT2D eigenvalue weighted by atomic mass is 10.1. The maximum atomic E-state index is 12.8. The maximum Gasteiger partial charge on any atom is 0.409 e. The highest BCUT2D eigenvalue weighted by molar-refractivity contribution is 7.92. The van der Waals surface area contributed by atoms with Crippen LogP contribution in [0.2, 0.25) is 0 Å². The number of carbonyl (C=O) groups excluding carboxylic acids is 2. The molecule has 1 saturated heterocycles. The Kier molecular flexibility index (Phi) is 6.84. The maximum absolute atomic E-state index is 12.8. The fraction of sp³-hybridized carbons (Fsp3) is 0.364. The van der Waals surface area contributed by atoms with Gasteiger partial charge >= 0.3 is 6.09 Å². The van der Waals surface area contributed by atoms with Gasteiger partial charge in [0.25, 0.3) is 15.9 Å². The first-order valence-electron chi connectivity index (χ1n) is 10.1. The lowest BCUT2D eigenvalue weighted by Crippen LogP contribution is -2.50. The fourth-order valence-electron chi connectivity index (χ4n) is 3.38. The molecule has 8 nitrogen and oxygen atoms in total. The van der Waals surface area contributed by atoms with Gasteiger partial charge in [-0.05, 0) is 62.2 Å². The number of piperazine rings is 1. The number of rotatable bonds is 5. The van der Waals surface area contributed by atoms with Crippen LogP contribution in [0.5, 0.6) is 0 Å². The Morgan fingerprint density at radius 3 is 2.19 bits per heavy atom. The summed E-state index contributed by atoms with van der Waals surface area (Å²) in [7, 11) is -3.73. The molecule has 2 aromatic carbocycles. The summed E-state index contributed by atoms with van der Waals surface area (Å²) in [6.45, 7) is 7.32. The van der Waals surface area contributed by atoms with Crippen molar-refractivity contribution >= 4 is 27.7 Å². The number of benzene rings is 2. The van der Waals surface area contributed by atoms with Gasteiger partial charge in [-0.2, -0.15) is 0 Å². The molecule has 2 amide bonds. The van der Waals surface area contributed by atoms with Gasteiger partial charge in [0, 0.05) is 37.4 Å². The molecule has 1 aliphatic heterocycles. The molecule has 0 atom stereocenters. The zero-order chi connectivity index (χ0) is 22.6. The largest absolute Gasteiger partial charge is 0.450 e. The summed E-state index contributed by atoms with van der Waals surface area (Å²) in [5.74, 6) is -0.160. The molecule has 9 heteroatoms. The van der Waals surface area contributed by atoms with E-state index in [4.69, 9.17) is 4.74 Å². The summed E-state index contributed by atoms with van der Waals surface area (Å²) in [5.41, 5.74) is 2.35. The van der Waals surface area contributed by atoms with Gasteiger partial charge in [0.15, 0.2) is 0 Å². The standard InChI is InChI=1S/C22H27N3O5S/c1-4-30-22(27)25-13-11-24(12-14-25)21(26)18-7-9-19(10-8-18)23-31(28,29)20-15-16(2)5-6-17(20)3/h5-10,15,23H,4,11-14H2,1-3H3. The first kappa shape index (κ1) is 22.6. The lowest BCUT2D eigenvalue weighted by molar-refractivity contribution is 0.0570. The van der Waals surface area contributed by atoms with E-state index < -0.39 is 10.0 Å². The van der Waals surface area contributed by atoms with Crippen LogP contribution in [0.3, 0.4) is 0 Å². The second-order valence-electron chi connectivity index (χ2n) is 7.43. The molecular formula is C22H27N3O5S. The molecule has 1 N–H and O–H groups in total. The normalized spacial score (nSPS) is 14.3. The first-order chi connectivity index (χ1) is 14.7. The number of sulfonamides is 1. The molecule has 0 aliphatic carbocycles. The average molecular weight is 446 g/mol. The van der Waals surface area contributed by atoms with Gasteiger partial charge in [0.1, 0.15) is 0 Å². The Morgan fingerprint density at radius 1 is 0.968 bits per heavy atom. The van der Waals surface area contributed by atoms with Crippen LogP contribution in [-0.4, -0.2) is 63.0 Å². The molecule has 2 aromatic rings. The van der Waals surface area contributed by atoms with Crippen molar-refractivity contribution in [3.05, 3.63) is 59.2 Å². The number of nitrogens with zero attached hydrogens (tertiary/aromatic N) is 2. The number of hydrogen-bond acceptors (Lipinski definition) is 5. The monoisotopic (exact) mass is 445 g/mol. The number of hydrogen-bond donors (Lipinski definition) is 1. The van der Waals surface area contributed by atoms with E-state index in [0.717, 1.165) is 5.56 Å². The van der Waals surface area contributed by atoms with Gasteiger partial charge in [-0.15, -0.1) is 0 Å². The van der Waals surface area contributed by atoms with Crippen LogP contribution in [0.15, 0.2) is 47.4 Å². The van der Waals surface area contributed by atoms with Gasteiger partial charge in [-0.3, -0.25) is 9.52 Å². The van der Waals surface area contributed by atoms with Crippen LogP contribution in [0.4, 0.5) is 10.5 Å². The third kappa shape index (κ3) is 5.35. The second kappa shape index (κ2) is 9.38. The summed E-state index contributed by atoms with van der Waals surface area (Å²) in [5, 5.41) is 0. The second-order valence-corrected chi connectivity index (χ2v) is 9.08. The van der Waals surface area contributed by atoms with Crippen LogP contribution in [0.1, 0.15) is 28.4 Å². The third-order valence-corrected chi connectivity index (χ3v) is 6.63. The van der Waals surface area contributed by atoms with Crippen molar-refractivity contribution in [2.75, 3.05) is 37.5 Å². The van der Waals surface area contributed by atoms with Crippen molar-refractivity contribution in [1.82, 2.24) is 9.80 Å². The minimum atomic E-state index is -3.73. The highest BCUT2D eigenvalue weighted by Gasteiger charge is 2.25. The predicted molar refractivity (Wildman–Crippen MR) is 118 cm³/mol. The molecule has 31 heavy (non-hydrogen) atoms. The molecule has 0 spiro atoms. The highest BCUT2D eigenvalue weighted by Crippen LogP contribution is 2.21. The van der Waals surface area contributed by atoms with Gasteiger partial charge in [0.05, 0.1) is 11.5 Å². The first-order valence-corrected chi connectivity index (χ1v) is 11.6. The summed E-state index contributed by atoms with van der Waals surface area (Å²) in [4.78, 5) is 28.0. The average Bonchev–Trinajstić information content (AvgIpc) is 2.75. The zero-order valence-electron chi connectivity index (χ0n) is 17.9. The molecule has 0 bridgehead atoms. The van der Waals surface area contributed by atoms with Crippen molar-refractivity contribution in [1.29, 1.82) is 0 Å². The molecule has 3 rings (SSSR count). The Morgan fingerprint density at radius 2 is 1.58 bits per heavy atom. The quantitative estimate of drug-likeness (QED) is 0.763. The van der Waals surface area contributed by atoms with E-state index in [1.165, 1.54) is 0 Å².